The number of anilines is 1. The van der Waals surface area contributed by atoms with Crippen molar-refractivity contribution in [3.05, 3.63) is 29.8 Å². The van der Waals surface area contributed by atoms with Crippen LogP contribution in [-0.2, 0) is 11.2 Å². The lowest BCUT2D eigenvalue weighted by atomic mass is 10.2. The summed E-state index contributed by atoms with van der Waals surface area (Å²) >= 11 is 0. The zero-order chi connectivity index (χ0) is 12.3. The van der Waals surface area contributed by atoms with Crippen LogP contribution in [0.3, 0.4) is 0 Å². The highest BCUT2D eigenvalue weighted by atomic mass is 16.2. The van der Waals surface area contributed by atoms with Crippen LogP contribution in [-0.4, -0.2) is 37.0 Å². The Morgan fingerprint density at radius 2 is 2.00 bits per heavy atom. The number of likely N-dealkylation sites (N-methyl/N-ethyl adjacent to an activating group) is 1. The van der Waals surface area contributed by atoms with Crippen LogP contribution in [0.15, 0.2) is 24.3 Å². The molecule has 0 atom stereocenters. The zero-order valence-electron chi connectivity index (χ0n) is 10.6. The fourth-order valence-electron chi connectivity index (χ4n) is 2.41. The van der Waals surface area contributed by atoms with Crippen LogP contribution >= 0.6 is 0 Å². The van der Waals surface area contributed by atoms with Gasteiger partial charge in [-0.2, -0.15) is 0 Å². The van der Waals surface area contributed by atoms with Crippen LogP contribution < -0.4 is 4.90 Å². The number of hydrogen-bond acceptors (Lipinski definition) is 2. The van der Waals surface area contributed by atoms with Crippen LogP contribution in [0.2, 0.25) is 0 Å². The van der Waals surface area contributed by atoms with E-state index in [9.17, 15) is 4.79 Å². The van der Waals surface area contributed by atoms with E-state index in [0.717, 1.165) is 26.1 Å². The molecule has 17 heavy (non-hydrogen) atoms. The molecule has 1 aliphatic heterocycles. The van der Waals surface area contributed by atoms with Gasteiger partial charge in [-0.15, -0.1) is 0 Å². The Labute approximate surface area is 103 Å². The van der Waals surface area contributed by atoms with Crippen LogP contribution in [0, 0.1) is 0 Å². The summed E-state index contributed by atoms with van der Waals surface area (Å²) in [6.45, 7) is 7.12. The lowest BCUT2D eigenvalue weighted by Crippen LogP contribution is -2.39. The van der Waals surface area contributed by atoms with Gasteiger partial charge in [0.25, 0.3) is 0 Å². The topological polar surface area (TPSA) is 23.6 Å². The standard InChI is InChI=1S/C14H20N2O/c1-3-15(4-2)14(17)11-16-10-9-12-7-5-6-8-13(12)16/h5-8H,3-4,9-11H2,1-2H3. The molecule has 0 bridgehead atoms. The first kappa shape index (κ1) is 12.0. The molecule has 3 nitrogen and oxygen atoms in total. The van der Waals surface area contributed by atoms with Crippen molar-refractivity contribution in [1.82, 2.24) is 4.90 Å². The van der Waals surface area contributed by atoms with Gasteiger partial charge in [0.15, 0.2) is 0 Å². The Hall–Kier alpha value is -1.51. The number of rotatable bonds is 4. The van der Waals surface area contributed by atoms with Gasteiger partial charge < -0.3 is 9.80 Å². The first-order valence-corrected chi connectivity index (χ1v) is 6.36. The summed E-state index contributed by atoms with van der Waals surface area (Å²) in [5, 5.41) is 0. The average molecular weight is 232 g/mol. The minimum absolute atomic E-state index is 0.228. The molecule has 0 N–H and O–H groups in total. The smallest absolute Gasteiger partial charge is 0.242 e. The molecule has 0 saturated heterocycles. The molecule has 92 valence electrons. The van der Waals surface area contributed by atoms with Crippen molar-refractivity contribution in [2.75, 3.05) is 31.1 Å². The SMILES string of the molecule is CCN(CC)C(=O)CN1CCc2ccccc21. The van der Waals surface area contributed by atoms with E-state index in [1.54, 1.807) is 0 Å². The largest absolute Gasteiger partial charge is 0.362 e. The summed E-state index contributed by atoms with van der Waals surface area (Å²) in [7, 11) is 0. The second kappa shape index (κ2) is 5.21. The molecule has 2 rings (SSSR count). The number of fused-ring (bicyclic) bond motifs is 1. The maximum absolute atomic E-state index is 12.1. The summed E-state index contributed by atoms with van der Waals surface area (Å²) in [6, 6.07) is 8.36. The monoisotopic (exact) mass is 232 g/mol. The maximum Gasteiger partial charge on any atom is 0.242 e. The molecule has 1 aromatic rings. The Bertz CT molecular complexity index is 399. The van der Waals surface area contributed by atoms with Crippen LogP contribution in [0.25, 0.3) is 0 Å². The van der Waals surface area contributed by atoms with Crippen molar-refractivity contribution >= 4 is 11.6 Å². The highest BCUT2D eigenvalue weighted by molar-refractivity contribution is 5.82. The first-order valence-electron chi connectivity index (χ1n) is 6.36. The van der Waals surface area contributed by atoms with E-state index in [1.165, 1.54) is 11.3 Å². The average Bonchev–Trinajstić information content (AvgIpc) is 2.74. The van der Waals surface area contributed by atoms with Gasteiger partial charge in [-0.1, -0.05) is 18.2 Å². The van der Waals surface area contributed by atoms with Crippen LogP contribution in [0.5, 0.6) is 0 Å². The minimum atomic E-state index is 0.228. The highest BCUT2D eigenvalue weighted by Gasteiger charge is 2.21. The Morgan fingerprint density at radius 1 is 1.29 bits per heavy atom. The van der Waals surface area contributed by atoms with Gasteiger partial charge in [0.05, 0.1) is 6.54 Å². The molecule has 0 saturated carbocycles. The molecule has 1 aromatic carbocycles. The summed E-state index contributed by atoms with van der Waals surface area (Å²) < 4.78 is 0. The number of amides is 1. The first-order chi connectivity index (χ1) is 8.26. The summed E-state index contributed by atoms with van der Waals surface area (Å²) in [6.07, 6.45) is 1.06. The van der Waals surface area contributed by atoms with E-state index in [-0.39, 0.29) is 5.91 Å². The second-order valence-electron chi connectivity index (χ2n) is 4.37. The normalized spacial score (nSPS) is 13.6. The maximum atomic E-state index is 12.1. The summed E-state index contributed by atoms with van der Waals surface area (Å²) in [5.74, 6) is 0.228. The van der Waals surface area contributed by atoms with Crippen molar-refractivity contribution in [3.63, 3.8) is 0 Å². The lowest BCUT2D eigenvalue weighted by Gasteiger charge is -2.24. The van der Waals surface area contributed by atoms with Gasteiger partial charge in [-0.05, 0) is 31.9 Å². The minimum Gasteiger partial charge on any atom is -0.362 e. The molecule has 1 aliphatic rings. The van der Waals surface area contributed by atoms with E-state index in [4.69, 9.17) is 0 Å². The van der Waals surface area contributed by atoms with Crippen LogP contribution in [0.4, 0.5) is 5.69 Å². The number of carbonyl (C=O) groups excluding carboxylic acids is 1. The molecule has 0 fully saturated rings. The van der Waals surface area contributed by atoms with E-state index >= 15 is 0 Å². The third-order valence-electron chi connectivity index (χ3n) is 3.43. The van der Waals surface area contributed by atoms with Gasteiger partial charge in [0.2, 0.25) is 5.91 Å². The van der Waals surface area contributed by atoms with Gasteiger partial charge in [-0.3, -0.25) is 4.79 Å². The quantitative estimate of drug-likeness (QED) is 0.792. The number of benzene rings is 1. The fraction of sp³-hybridized carbons (Fsp3) is 0.500. The van der Waals surface area contributed by atoms with Gasteiger partial charge in [0.1, 0.15) is 0 Å². The molecule has 0 unspecified atom stereocenters. The van der Waals surface area contributed by atoms with E-state index in [0.29, 0.717) is 6.54 Å². The third-order valence-corrected chi connectivity index (χ3v) is 3.43. The molecule has 1 heterocycles. The molecule has 0 spiro atoms. The number of para-hydroxylation sites is 1. The van der Waals surface area contributed by atoms with Crippen LogP contribution in [0.1, 0.15) is 19.4 Å². The number of nitrogens with zero attached hydrogens (tertiary/aromatic N) is 2. The van der Waals surface area contributed by atoms with E-state index < -0.39 is 0 Å². The van der Waals surface area contributed by atoms with E-state index in [2.05, 4.69) is 23.1 Å². The van der Waals surface area contributed by atoms with E-state index in [1.807, 2.05) is 24.8 Å². The molecular weight excluding hydrogens is 212 g/mol. The summed E-state index contributed by atoms with van der Waals surface area (Å²) in [4.78, 5) is 16.1. The fourth-order valence-corrected chi connectivity index (χ4v) is 2.41. The van der Waals surface area contributed by atoms with Crippen molar-refractivity contribution < 1.29 is 4.79 Å². The number of hydrogen-bond donors (Lipinski definition) is 0. The third kappa shape index (κ3) is 2.43. The molecular formula is C14H20N2O. The predicted molar refractivity (Wildman–Crippen MR) is 70.3 cm³/mol. The number of carbonyl (C=O) groups is 1. The molecule has 0 radical (unpaired) electrons. The highest BCUT2D eigenvalue weighted by Crippen LogP contribution is 2.26. The molecule has 3 heteroatoms. The Kier molecular flexibility index (Phi) is 3.67. The summed E-state index contributed by atoms with van der Waals surface area (Å²) in [5.41, 5.74) is 2.59. The van der Waals surface area contributed by atoms with Gasteiger partial charge in [-0.25, -0.2) is 0 Å². The van der Waals surface area contributed by atoms with Crippen molar-refractivity contribution in [3.8, 4) is 0 Å². The van der Waals surface area contributed by atoms with Gasteiger partial charge >= 0.3 is 0 Å². The van der Waals surface area contributed by atoms with Gasteiger partial charge in [0, 0.05) is 25.3 Å². The zero-order valence-corrected chi connectivity index (χ0v) is 10.6. The van der Waals surface area contributed by atoms with Crippen molar-refractivity contribution in [2.24, 2.45) is 0 Å². The molecule has 1 amide bonds. The second-order valence-corrected chi connectivity index (χ2v) is 4.37. The Balaban J connectivity index is 2.04. The Morgan fingerprint density at radius 3 is 2.71 bits per heavy atom. The molecule has 0 aromatic heterocycles. The van der Waals surface area contributed by atoms with Crippen molar-refractivity contribution in [1.29, 1.82) is 0 Å². The lowest BCUT2D eigenvalue weighted by molar-refractivity contribution is -0.129. The predicted octanol–water partition coefficient (Wildman–Crippen LogP) is 1.92. The molecule has 0 aliphatic carbocycles. The van der Waals surface area contributed by atoms with Crippen molar-refractivity contribution in [2.45, 2.75) is 20.3 Å².